The maximum absolute atomic E-state index is 9.74. The number of aromatic nitrogens is 4. The number of nitrogens with zero attached hydrogens (tertiary/aromatic N) is 4. The first kappa shape index (κ1) is 19.5. The van der Waals surface area contributed by atoms with Gasteiger partial charge < -0.3 is 5.32 Å². The van der Waals surface area contributed by atoms with Crippen LogP contribution >= 0.6 is 0 Å². The number of nitriles is 1. The zero-order valence-electron chi connectivity index (χ0n) is 17.4. The minimum atomic E-state index is 0.0346. The third-order valence-corrected chi connectivity index (χ3v) is 5.53. The molecule has 5 aromatic rings. The smallest absolute Gasteiger partial charge is 0.155 e. The zero-order chi connectivity index (χ0) is 21.9. The average molecular weight is 416 g/mol. The minimum Gasteiger partial charge on any atom is -0.377 e. The van der Waals surface area contributed by atoms with Crippen LogP contribution in [-0.2, 0) is 0 Å². The lowest BCUT2D eigenvalue weighted by Gasteiger charge is -2.19. The maximum atomic E-state index is 9.74. The summed E-state index contributed by atoms with van der Waals surface area (Å²) in [6.45, 7) is 2.09. The number of anilines is 1. The fourth-order valence-corrected chi connectivity index (χ4v) is 3.84. The van der Waals surface area contributed by atoms with Crippen molar-refractivity contribution >= 4 is 16.6 Å². The monoisotopic (exact) mass is 416 g/mol. The number of nitrogens with one attached hydrogen (secondary N) is 2. The predicted molar refractivity (Wildman–Crippen MR) is 126 cm³/mol. The van der Waals surface area contributed by atoms with Gasteiger partial charge in [-0.25, -0.2) is 4.98 Å². The fourth-order valence-electron chi connectivity index (χ4n) is 3.84. The number of pyridine rings is 1. The van der Waals surface area contributed by atoms with Crippen LogP contribution in [-0.4, -0.2) is 20.2 Å². The molecule has 0 saturated heterocycles. The molecule has 32 heavy (non-hydrogen) atoms. The van der Waals surface area contributed by atoms with Gasteiger partial charge in [0.15, 0.2) is 5.82 Å². The third kappa shape index (κ3) is 3.68. The van der Waals surface area contributed by atoms with Gasteiger partial charge >= 0.3 is 0 Å². The van der Waals surface area contributed by atoms with Crippen LogP contribution in [0.15, 0.2) is 85.3 Å². The normalized spacial score (nSPS) is 11.8. The van der Waals surface area contributed by atoms with Gasteiger partial charge in [-0.2, -0.15) is 10.4 Å². The third-order valence-electron chi connectivity index (χ3n) is 5.53. The molecular weight excluding hydrogens is 396 g/mol. The molecule has 0 fully saturated rings. The van der Waals surface area contributed by atoms with E-state index in [0.29, 0.717) is 5.56 Å². The topological polar surface area (TPSA) is 90.3 Å². The highest BCUT2D eigenvalue weighted by molar-refractivity contribution is 5.97. The lowest BCUT2D eigenvalue weighted by molar-refractivity contribution is 0.885. The van der Waals surface area contributed by atoms with Crippen molar-refractivity contribution in [1.29, 1.82) is 5.26 Å². The van der Waals surface area contributed by atoms with Gasteiger partial charge in [0.05, 0.1) is 16.8 Å². The average Bonchev–Trinajstić information content (AvgIpc) is 3.40. The fraction of sp³-hybridized carbons (Fsp3) is 0.0769. The molecular formula is C26H20N6. The molecule has 0 spiro atoms. The van der Waals surface area contributed by atoms with E-state index in [1.54, 1.807) is 6.20 Å². The van der Waals surface area contributed by atoms with Crippen molar-refractivity contribution in [3.05, 3.63) is 96.4 Å². The van der Waals surface area contributed by atoms with Gasteiger partial charge in [0.2, 0.25) is 0 Å². The number of hydrogen-bond acceptors (Lipinski definition) is 5. The second kappa shape index (κ2) is 8.32. The van der Waals surface area contributed by atoms with Gasteiger partial charge in [0, 0.05) is 23.2 Å². The Bertz CT molecular complexity index is 1420. The van der Waals surface area contributed by atoms with Crippen molar-refractivity contribution in [3.63, 3.8) is 0 Å². The number of aromatic amines is 1. The van der Waals surface area contributed by atoms with E-state index in [-0.39, 0.29) is 6.04 Å². The molecule has 3 aromatic carbocycles. The first-order valence-electron chi connectivity index (χ1n) is 10.3. The molecule has 0 aliphatic rings. The van der Waals surface area contributed by atoms with E-state index in [0.717, 1.165) is 44.7 Å². The second-order valence-electron chi connectivity index (χ2n) is 7.58. The van der Waals surface area contributed by atoms with Crippen LogP contribution in [0.2, 0.25) is 0 Å². The van der Waals surface area contributed by atoms with E-state index in [1.807, 2.05) is 42.5 Å². The molecule has 154 valence electrons. The Morgan fingerprint density at radius 1 is 0.906 bits per heavy atom. The van der Waals surface area contributed by atoms with Crippen LogP contribution in [0, 0.1) is 11.3 Å². The lowest BCUT2D eigenvalue weighted by atomic mass is 9.99. The molecule has 2 aromatic heterocycles. The molecule has 5 rings (SSSR count). The Kier molecular flexibility index (Phi) is 5.06. The zero-order valence-corrected chi connectivity index (χ0v) is 17.4. The molecule has 2 N–H and O–H groups in total. The standard InChI is InChI=1S/C26H20N6/c1-17(18-6-3-2-4-7-18)31-25-22(14-27)15-28-24-11-10-20(13-23(24)25)19-8-5-9-21(12-19)26-29-16-30-32-26/h2-13,15-17H,1H3,(H,28,31)(H,29,30,32). The van der Waals surface area contributed by atoms with E-state index in [4.69, 9.17) is 0 Å². The van der Waals surface area contributed by atoms with Crippen molar-refractivity contribution in [2.45, 2.75) is 13.0 Å². The van der Waals surface area contributed by atoms with Crippen molar-refractivity contribution in [1.82, 2.24) is 20.2 Å². The summed E-state index contributed by atoms with van der Waals surface area (Å²) in [5, 5.41) is 21.1. The molecule has 0 radical (unpaired) electrons. The number of hydrogen-bond donors (Lipinski definition) is 2. The number of H-pyrrole nitrogens is 1. The van der Waals surface area contributed by atoms with E-state index in [1.165, 1.54) is 6.33 Å². The van der Waals surface area contributed by atoms with E-state index in [9.17, 15) is 5.26 Å². The Morgan fingerprint density at radius 2 is 1.72 bits per heavy atom. The lowest BCUT2D eigenvalue weighted by Crippen LogP contribution is -2.08. The highest BCUT2D eigenvalue weighted by atomic mass is 15.2. The van der Waals surface area contributed by atoms with Crippen molar-refractivity contribution < 1.29 is 0 Å². The van der Waals surface area contributed by atoms with Crippen LogP contribution in [0.3, 0.4) is 0 Å². The van der Waals surface area contributed by atoms with Gasteiger partial charge in [-0.3, -0.25) is 10.1 Å². The highest BCUT2D eigenvalue weighted by Crippen LogP contribution is 2.33. The van der Waals surface area contributed by atoms with Crippen LogP contribution in [0.25, 0.3) is 33.4 Å². The maximum Gasteiger partial charge on any atom is 0.155 e. The molecule has 6 heteroatoms. The molecule has 1 atom stereocenters. The van der Waals surface area contributed by atoms with Gasteiger partial charge in [-0.1, -0.05) is 54.6 Å². The summed E-state index contributed by atoms with van der Waals surface area (Å²) in [4.78, 5) is 8.75. The SMILES string of the molecule is CC(Nc1c(C#N)cnc2ccc(-c3cccc(-c4ncn[nH]4)c3)cc12)c1ccccc1. The summed E-state index contributed by atoms with van der Waals surface area (Å²) in [6.07, 6.45) is 3.13. The molecule has 0 bridgehead atoms. The van der Waals surface area contributed by atoms with E-state index in [2.05, 4.69) is 68.8 Å². The number of rotatable bonds is 5. The van der Waals surface area contributed by atoms with E-state index < -0.39 is 0 Å². The molecule has 0 amide bonds. The van der Waals surface area contributed by atoms with Gasteiger partial charge in [0.25, 0.3) is 0 Å². The first-order valence-corrected chi connectivity index (χ1v) is 10.3. The van der Waals surface area contributed by atoms with Gasteiger partial charge in [-0.15, -0.1) is 0 Å². The Labute approximate surface area is 185 Å². The Hall–Kier alpha value is -4.50. The van der Waals surface area contributed by atoms with Crippen LogP contribution < -0.4 is 5.32 Å². The van der Waals surface area contributed by atoms with Crippen LogP contribution in [0.4, 0.5) is 5.69 Å². The number of benzene rings is 3. The molecule has 2 heterocycles. The largest absolute Gasteiger partial charge is 0.377 e. The quantitative estimate of drug-likeness (QED) is 0.382. The summed E-state index contributed by atoms with van der Waals surface area (Å²) in [5.41, 5.74) is 6.34. The Morgan fingerprint density at radius 3 is 2.50 bits per heavy atom. The predicted octanol–water partition coefficient (Wildman–Crippen LogP) is 5.73. The van der Waals surface area contributed by atoms with Gasteiger partial charge in [0.1, 0.15) is 12.4 Å². The minimum absolute atomic E-state index is 0.0346. The second-order valence-corrected chi connectivity index (χ2v) is 7.58. The summed E-state index contributed by atoms with van der Waals surface area (Å²) in [7, 11) is 0. The first-order chi connectivity index (χ1) is 15.7. The van der Waals surface area contributed by atoms with Crippen molar-refractivity contribution in [2.75, 3.05) is 5.32 Å². The summed E-state index contributed by atoms with van der Waals surface area (Å²) in [6, 6.07) is 26.8. The number of fused-ring (bicyclic) bond motifs is 1. The summed E-state index contributed by atoms with van der Waals surface area (Å²) < 4.78 is 0. The summed E-state index contributed by atoms with van der Waals surface area (Å²) >= 11 is 0. The summed E-state index contributed by atoms with van der Waals surface area (Å²) in [5.74, 6) is 0.722. The van der Waals surface area contributed by atoms with Crippen LogP contribution in [0.5, 0.6) is 0 Å². The van der Waals surface area contributed by atoms with Gasteiger partial charge in [-0.05, 0) is 41.8 Å². The van der Waals surface area contributed by atoms with Crippen molar-refractivity contribution in [3.8, 4) is 28.6 Å². The molecule has 0 aliphatic heterocycles. The molecule has 1 unspecified atom stereocenters. The molecule has 0 saturated carbocycles. The van der Waals surface area contributed by atoms with E-state index >= 15 is 0 Å². The highest BCUT2D eigenvalue weighted by Gasteiger charge is 2.14. The van der Waals surface area contributed by atoms with Crippen molar-refractivity contribution in [2.24, 2.45) is 0 Å². The molecule has 0 aliphatic carbocycles. The molecule has 6 nitrogen and oxygen atoms in total. The Balaban J connectivity index is 1.60. The van der Waals surface area contributed by atoms with Crippen LogP contribution in [0.1, 0.15) is 24.1 Å².